The van der Waals surface area contributed by atoms with Crippen LogP contribution in [0.15, 0.2) is 0 Å². The summed E-state index contributed by atoms with van der Waals surface area (Å²) in [6.45, 7) is 8.08. The molecule has 2 rings (SSSR count). The van der Waals surface area contributed by atoms with Crippen LogP contribution in [0.2, 0.25) is 0 Å². The summed E-state index contributed by atoms with van der Waals surface area (Å²) in [7, 11) is 0. The van der Waals surface area contributed by atoms with E-state index in [1.807, 2.05) is 20.8 Å². The number of nitrogens with zero attached hydrogens (tertiary/aromatic N) is 2. The number of piperidine rings is 1. The Morgan fingerprint density at radius 1 is 1.35 bits per heavy atom. The fraction of sp³-hybridized carbons (Fsp3) is 0.889. The van der Waals surface area contributed by atoms with Gasteiger partial charge in [0.05, 0.1) is 11.7 Å². The summed E-state index contributed by atoms with van der Waals surface area (Å²) in [5, 5.41) is 9.68. The molecule has 0 aromatic rings. The third-order valence-electron chi connectivity index (χ3n) is 4.66. The van der Waals surface area contributed by atoms with E-state index in [9.17, 15) is 10.1 Å². The minimum atomic E-state index is -0.433. The van der Waals surface area contributed by atoms with Crippen LogP contribution in [0.5, 0.6) is 0 Å². The lowest BCUT2D eigenvalue weighted by atomic mass is 9.79. The van der Waals surface area contributed by atoms with Crippen LogP contribution in [0.25, 0.3) is 0 Å². The molecule has 0 aromatic heterocycles. The van der Waals surface area contributed by atoms with Crippen molar-refractivity contribution < 1.29 is 14.3 Å². The molecule has 0 bridgehead atoms. The van der Waals surface area contributed by atoms with Crippen molar-refractivity contribution in [3.05, 3.63) is 0 Å². The molecule has 0 N–H and O–H groups in total. The van der Waals surface area contributed by atoms with Gasteiger partial charge in [0.1, 0.15) is 11.6 Å². The molecule has 0 unspecified atom stereocenters. The van der Waals surface area contributed by atoms with Gasteiger partial charge in [0.2, 0.25) is 0 Å². The van der Waals surface area contributed by atoms with E-state index in [4.69, 9.17) is 9.47 Å². The van der Waals surface area contributed by atoms with Crippen molar-refractivity contribution in [1.82, 2.24) is 4.90 Å². The maximum atomic E-state index is 11.8. The van der Waals surface area contributed by atoms with Gasteiger partial charge in [0.25, 0.3) is 0 Å². The van der Waals surface area contributed by atoms with Crippen LogP contribution in [0, 0.1) is 11.3 Å². The van der Waals surface area contributed by atoms with E-state index >= 15 is 0 Å². The Morgan fingerprint density at radius 3 is 2.70 bits per heavy atom. The minimum absolute atomic E-state index is 0.161. The maximum absolute atomic E-state index is 11.8. The number of nitriles is 1. The lowest BCUT2D eigenvalue weighted by molar-refractivity contribution is -0.155. The van der Waals surface area contributed by atoms with Crippen LogP contribution >= 0.6 is 0 Å². The Labute approximate surface area is 139 Å². The van der Waals surface area contributed by atoms with Crippen molar-refractivity contribution >= 4 is 5.97 Å². The van der Waals surface area contributed by atoms with Crippen LogP contribution in [0.3, 0.4) is 0 Å². The molecule has 2 fully saturated rings. The van der Waals surface area contributed by atoms with Crippen LogP contribution in [0.1, 0.15) is 65.7 Å². The van der Waals surface area contributed by atoms with Crippen molar-refractivity contribution in [2.45, 2.75) is 83.0 Å². The summed E-state index contributed by atoms with van der Waals surface area (Å²) < 4.78 is 11.4. The monoisotopic (exact) mass is 322 g/mol. The van der Waals surface area contributed by atoms with Gasteiger partial charge in [-0.3, -0.25) is 9.69 Å². The second kappa shape index (κ2) is 7.63. The van der Waals surface area contributed by atoms with E-state index in [0.29, 0.717) is 6.42 Å². The highest BCUT2D eigenvalue weighted by Crippen LogP contribution is 2.38. The number of ether oxygens (including phenoxy) is 2. The highest BCUT2D eigenvalue weighted by Gasteiger charge is 2.46. The topological polar surface area (TPSA) is 62.6 Å². The molecule has 0 aromatic carbocycles. The highest BCUT2D eigenvalue weighted by atomic mass is 16.6. The summed E-state index contributed by atoms with van der Waals surface area (Å²) in [6, 6.07) is 2.29. The molecule has 0 aliphatic carbocycles. The van der Waals surface area contributed by atoms with Gasteiger partial charge in [-0.1, -0.05) is 0 Å². The molecule has 2 aliphatic rings. The Bertz CT molecular complexity index is 439. The van der Waals surface area contributed by atoms with Crippen LogP contribution in [-0.2, 0) is 14.3 Å². The number of hydrogen-bond acceptors (Lipinski definition) is 5. The van der Waals surface area contributed by atoms with E-state index in [1.54, 1.807) is 0 Å². The number of hydrogen-bond donors (Lipinski definition) is 0. The van der Waals surface area contributed by atoms with Crippen molar-refractivity contribution in [2.24, 2.45) is 0 Å². The van der Waals surface area contributed by atoms with Crippen LogP contribution < -0.4 is 0 Å². The lowest BCUT2D eigenvalue weighted by Gasteiger charge is -2.48. The molecule has 5 heteroatoms. The SMILES string of the molecule is CC(C)(C)OC(=O)CCCN1CCC[C@@]2(CCCCO2)[C@@H]1C#N. The largest absolute Gasteiger partial charge is 0.460 e. The van der Waals surface area contributed by atoms with E-state index < -0.39 is 5.60 Å². The summed E-state index contributed by atoms with van der Waals surface area (Å²) in [5.74, 6) is -0.161. The first-order valence-electron chi connectivity index (χ1n) is 8.86. The second-order valence-corrected chi connectivity index (χ2v) is 7.73. The molecule has 0 amide bonds. The molecular formula is C18H30N2O3. The molecule has 130 valence electrons. The second-order valence-electron chi connectivity index (χ2n) is 7.73. The molecule has 2 atom stereocenters. The predicted molar refractivity (Wildman–Crippen MR) is 87.8 cm³/mol. The molecule has 23 heavy (non-hydrogen) atoms. The number of likely N-dealkylation sites (tertiary alicyclic amines) is 1. The zero-order valence-corrected chi connectivity index (χ0v) is 14.8. The van der Waals surface area contributed by atoms with E-state index in [-0.39, 0.29) is 17.6 Å². The van der Waals surface area contributed by atoms with Crippen LogP contribution in [0.4, 0.5) is 0 Å². The maximum Gasteiger partial charge on any atom is 0.306 e. The Hall–Kier alpha value is -1.12. The molecule has 2 saturated heterocycles. The lowest BCUT2D eigenvalue weighted by Crippen LogP contribution is -2.58. The predicted octanol–water partition coefficient (Wildman–Crippen LogP) is 3.04. The van der Waals surface area contributed by atoms with E-state index in [2.05, 4.69) is 11.0 Å². The fourth-order valence-corrected chi connectivity index (χ4v) is 3.73. The van der Waals surface area contributed by atoms with Crippen molar-refractivity contribution in [3.63, 3.8) is 0 Å². The summed E-state index contributed by atoms with van der Waals surface area (Å²) >= 11 is 0. The fourth-order valence-electron chi connectivity index (χ4n) is 3.73. The highest BCUT2D eigenvalue weighted by molar-refractivity contribution is 5.69. The molecule has 0 saturated carbocycles. The quantitative estimate of drug-likeness (QED) is 0.744. The van der Waals surface area contributed by atoms with Crippen molar-refractivity contribution in [2.75, 3.05) is 19.7 Å². The van der Waals surface area contributed by atoms with Crippen molar-refractivity contribution in [3.8, 4) is 6.07 Å². The van der Waals surface area contributed by atoms with Gasteiger partial charge >= 0.3 is 5.97 Å². The number of carbonyl (C=O) groups excluding carboxylic acids is 1. The molecule has 1 spiro atoms. The molecule has 0 radical (unpaired) electrons. The Balaban J connectivity index is 1.86. The zero-order valence-electron chi connectivity index (χ0n) is 14.8. The van der Waals surface area contributed by atoms with Gasteiger partial charge in [0, 0.05) is 19.6 Å². The Morgan fingerprint density at radius 2 is 2.09 bits per heavy atom. The van der Waals surface area contributed by atoms with Gasteiger partial charge in [-0.25, -0.2) is 0 Å². The van der Waals surface area contributed by atoms with Gasteiger partial charge in [-0.2, -0.15) is 5.26 Å². The van der Waals surface area contributed by atoms with Gasteiger partial charge in [0.15, 0.2) is 0 Å². The zero-order chi connectivity index (χ0) is 16.9. The van der Waals surface area contributed by atoms with E-state index in [1.165, 1.54) is 0 Å². The molecule has 5 nitrogen and oxygen atoms in total. The summed E-state index contributed by atoms with van der Waals surface area (Å²) in [6.07, 6.45) is 6.39. The van der Waals surface area contributed by atoms with E-state index in [0.717, 1.165) is 58.2 Å². The van der Waals surface area contributed by atoms with Gasteiger partial charge in [-0.05, 0) is 65.8 Å². The Kier molecular flexibility index (Phi) is 6.05. The van der Waals surface area contributed by atoms with Gasteiger partial charge in [-0.15, -0.1) is 0 Å². The first-order chi connectivity index (χ1) is 10.9. The smallest absolute Gasteiger partial charge is 0.306 e. The van der Waals surface area contributed by atoms with Crippen LogP contribution in [-0.4, -0.2) is 47.8 Å². The number of carbonyl (C=O) groups is 1. The molecule has 2 heterocycles. The first kappa shape index (κ1) is 18.2. The minimum Gasteiger partial charge on any atom is -0.460 e. The molecular weight excluding hydrogens is 292 g/mol. The summed E-state index contributed by atoms with van der Waals surface area (Å²) in [4.78, 5) is 14.0. The third kappa shape index (κ3) is 4.92. The third-order valence-corrected chi connectivity index (χ3v) is 4.66. The average Bonchev–Trinajstić information content (AvgIpc) is 2.46. The first-order valence-corrected chi connectivity index (χ1v) is 8.86. The normalized spacial score (nSPS) is 29.2. The summed E-state index contributed by atoms with van der Waals surface area (Å²) in [5.41, 5.74) is -0.714. The average molecular weight is 322 g/mol. The standard InChI is InChI=1S/C18H30N2O3/c1-17(2,3)23-16(21)8-6-11-20-12-7-10-18(15(20)14-19)9-4-5-13-22-18/h15H,4-13H2,1-3H3/t15-,18-/m0/s1. The number of esters is 1. The van der Waals surface area contributed by atoms with Crippen molar-refractivity contribution in [1.29, 1.82) is 5.26 Å². The van der Waals surface area contributed by atoms with Gasteiger partial charge < -0.3 is 9.47 Å². The molecule has 2 aliphatic heterocycles. The number of rotatable bonds is 4.